The van der Waals surface area contributed by atoms with E-state index in [4.69, 9.17) is 0 Å². The molecule has 0 aliphatic heterocycles. The molecule has 0 atom stereocenters. The van der Waals surface area contributed by atoms with Crippen LogP contribution in [-0.4, -0.2) is 13.3 Å². The molecular weight excluding hydrogens is 205 g/mol. The van der Waals surface area contributed by atoms with Gasteiger partial charge in [-0.2, -0.15) is 0 Å². The normalized spacial score (nSPS) is 12.0. The topological polar surface area (TPSA) is 0 Å². The summed E-state index contributed by atoms with van der Waals surface area (Å²) in [5, 5.41) is 1.56. The number of rotatable bonds is 7. The van der Waals surface area contributed by atoms with E-state index in [0.717, 1.165) is 6.42 Å². The van der Waals surface area contributed by atoms with Gasteiger partial charge in [-0.05, 0) is 0 Å². The summed E-state index contributed by atoms with van der Waals surface area (Å²) < 4.78 is 0. The molecule has 0 saturated carbocycles. The summed E-state index contributed by atoms with van der Waals surface area (Å²) >= 11 is -1.18. The third-order valence-corrected chi connectivity index (χ3v) is 6.07. The van der Waals surface area contributed by atoms with Crippen molar-refractivity contribution in [1.82, 2.24) is 0 Å². The Kier molecular flexibility index (Phi) is 7.31. The Bertz CT molecular complexity index is 91.7. The first-order chi connectivity index (χ1) is 5.56. The first-order valence-electron chi connectivity index (χ1n) is 5.35. The predicted molar refractivity (Wildman–Crippen MR) is 61.2 cm³/mol. The maximum atomic E-state index is 3.85. The monoisotopic (exact) mass is 231 g/mol. The first-order valence-corrected chi connectivity index (χ1v) is 13.1. The van der Waals surface area contributed by atoms with Gasteiger partial charge in [0.1, 0.15) is 0 Å². The summed E-state index contributed by atoms with van der Waals surface area (Å²) in [6.45, 7) is 3.85. The van der Waals surface area contributed by atoms with Gasteiger partial charge in [0.15, 0.2) is 0 Å². The average molecular weight is 230 g/mol. The van der Waals surface area contributed by atoms with Crippen LogP contribution >= 0.6 is 0 Å². The molecule has 0 heterocycles. The fraction of sp³-hybridized carbons (Fsp3) is 0.909. The molecule has 0 aliphatic rings. The third kappa shape index (κ3) is 10.5. The first kappa shape index (κ1) is 12.5. The molecule has 1 radical (unpaired) electrons. The Balaban J connectivity index is 3.01. The van der Waals surface area contributed by atoms with Crippen molar-refractivity contribution < 1.29 is 0 Å². The second kappa shape index (κ2) is 7.00. The Morgan fingerprint density at radius 2 is 1.33 bits per heavy atom. The van der Waals surface area contributed by atoms with Crippen molar-refractivity contribution in [3.05, 3.63) is 6.92 Å². The van der Waals surface area contributed by atoms with Crippen molar-refractivity contribution >= 4 is 13.3 Å². The van der Waals surface area contributed by atoms with Crippen molar-refractivity contribution in [3.63, 3.8) is 0 Å². The molecule has 0 nitrogen and oxygen atoms in total. The van der Waals surface area contributed by atoms with Gasteiger partial charge in [0.25, 0.3) is 0 Å². The molecule has 0 aromatic carbocycles. The Morgan fingerprint density at radius 3 is 1.83 bits per heavy atom. The van der Waals surface area contributed by atoms with Crippen LogP contribution < -0.4 is 0 Å². The molecule has 0 bridgehead atoms. The Hall–Kier alpha value is 0.543. The summed E-state index contributed by atoms with van der Waals surface area (Å²) in [5.74, 6) is 7.53. The van der Waals surface area contributed by atoms with Gasteiger partial charge >= 0.3 is 81.2 Å². The van der Waals surface area contributed by atoms with Crippen molar-refractivity contribution in [2.75, 3.05) is 0 Å². The summed E-state index contributed by atoms with van der Waals surface area (Å²) in [6, 6.07) is 0. The van der Waals surface area contributed by atoms with Crippen molar-refractivity contribution in [3.8, 4) is 0 Å². The molecule has 0 rings (SSSR count). The van der Waals surface area contributed by atoms with Gasteiger partial charge in [0.05, 0.1) is 0 Å². The van der Waals surface area contributed by atoms with E-state index in [2.05, 4.69) is 24.2 Å². The van der Waals surface area contributed by atoms with Gasteiger partial charge in [-0.3, -0.25) is 0 Å². The fourth-order valence-electron chi connectivity index (χ4n) is 1.36. The van der Waals surface area contributed by atoms with E-state index in [1.807, 2.05) is 0 Å². The van der Waals surface area contributed by atoms with Gasteiger partial charge in [0, 0.05) is 0 Å². The van der Waals surface area contributed by atoms with E-state index in [-0.39, 0.29) is 0 Å². The second-order valence-corrected chi connectivity index (χ2v) is 16.7. The van der Waals surface area contributed by atoms with E-state index in [9.17, 15) is 0 Å². The second-order valence-electron chi connectivity index (χ2n) is 4.93. The maximum absolute atomic E-state index is 3.85. The third-order valence-electron chi connectivity index (χ3n) is 2.18. The van der Waals surface area contributed by atoms with Gasteiger partial charge in [0.2, 0.25) is 0 Å². The van der Waals surface area contributed by atoms with Crippen LogP contribution in [0.4, 0.5) is 0 Å². The zero-order chi connectivity index (χ0) is 9.45. The zero-order valence-electron chi connectivity index (χ0n) is 9.16. The standard InChI is InChI=1S/C11H25Ge/c1-5-6-7-8-9-10-11-12(2,3)4/h1,5-11H2,2-4H3. The molecule has 12 heavy (non-hydrogen) atoms. The molecule has 73 valence electrons. The quantitative estimate of drug-likeness (QED) is 0.446. The van der Waals surface area contributed by atoms with E-state index >= 15 is 0 Å². The number of hydrogen-bond donors (Lipinski definition) is 0. The minimum atomic E-state index is -1.18. The van der Waals surface area contributed by atoms with E-state index in [0.29, 0.717) is 0 Å². The molecule has 0 N–H and O–H groups in total. The van der Waals surface area contributed by atoms with Crippen LogP contribution in [0.15, 0.2) is 0 Å². The fourth-order valence-corrected chi connectivity index (χ4v) is 4.11. The number of unbranched alkanes of at least 4 members (excludes halogenated alkanes) is 5. The summed E-state index contributed by atoms with van der Waals surface area (Å²) in [5.41, 5.74) is 0. The SMILES string of the molecule is [CH2]CCCCCC[CH2][Ge]([CH3])([CH3])[CH3]. The Labute approximate surface area is 81.5 Å². The average Bonchev–Trinajstić information content (AvgIpc) is 1.94. The summed E-state index contributed by atoms with van der Waals surface area (Å²) in [6.07, 6.45) is 8.24. The molecule has 0 saturated heterocycles. The summed E-state index contributed by atoms with van der Waals surface area (Å²) in [4.78, 5) is 0. The van der Waals surface area contributed by atoms with Crippen LogP contribution in [0, 0.1) is 6.92 Å². The van der Waals surface area contributed by atoms with Crippen LogP contribution in [0.2, 0.25) is 22.5 Å². The summed E-state index contributed by atoms with van der Waals surface area (Å²) in [7, 11) is 0. The molecule has 0 aromatic heterocycles. The molecule has 1 heteroatoms. The van der Waals surface area contributed by atoms with Crippen molar-refractivity contribution in [2.24, 2.45) is 0 Å². The molecule has 0 unspecified atom stereocenters. The van der Waals surface area contributed by atoms with E-state index in [1.165, 1.54) is 32.1 Å². The van der Waals surface area contributed by atoms with Gasteiger partial charge in [-0.15, -0.1) is 0 Å². The van der Waals surface area contributed by atoms with E-state index in [1.54, 1.807) is 5.25 Å². The minimum absolute atomic E-state index is 1.12. The zero-order valence-corrected chi connectivity index (χ0v) is 11.3. The van der Waals surface area contributed by atoms with Crippen LogP contribution in [0.3, 0.4) is 0 Å². The van der Waals surface area contributed by atoms with Crippen molar-refractivity contribution in [1.29, 1.82) is 0 Å². The number of hydrogen-bond acceptors (Lipinski definition) is 0. The van der Waals surface area contributed by atoms with Crippen LogP contribution in [-0.2, 0) is 0 Å². The van der Waals surface area contributed by atoms with Gasteiger partial charge < -0.3 is 0 Å². The van der Waals surface area contributed by atoms with Crippen LogP contribution in [0.5, 0.6) is 0 Å². The predicted octanol–water partition coefficient (Wildman–Crippen LogP) is 4.50. The van der Waals surface area contributed by atoms with Crippen LogP contribution in [0.25, 0.3) is 0 Å². The molecule has 0 aliphatic carbocycles. The van der Waals surface area contributed by atoms with Crippen LogP contribution in [0.1, 0.15) is 38.5 Å². The molecule has 0 amide bonds. The van der Waals surface area contributed by atoms with Gasteiger partial charge in [-0.1, -0.05) is 0 Å². The Morgan fingerprint density at radius 1 is 0.833 bits per heavy atom. The van der Waals surface area contributed by atoms with Gasteiger partial charge in [-0.25, -0.2) is 0 Å². The molecular formula is C11H25Ge. The van der Waals surface area contributed by atoms with Crippen molar-refractivity contribution in [2.45, 2.75) is 61.0 Å². The molecule has 0 fully saturated rings. The molecule has 0 spiro atoms. The molecule has 0 aromatic rings. The van der Waals surface area contributed by atoms with E-state index < -0.39 is 13.3 Å².